The summed E-state index contributed by atoms with van der Waals surface area (Å²) in [6.45, 7) is 5.43. The number of carbonyl (C=O) groups is 3. The first-order valence-corrected chi connectivity index (χ1v) is 12.8. The highest BCUT2D eigenvalue weighted by Crippen LogP contribution is 2.34. The number of benzene rings is 1. The van der Waals surface area contributed by atoms with E-state index < -0.39 is 35.1 Å². The Hall–Kier alpha value is -3.73. The summed E-state index contributed by atoms with van der Waals surface area (Å²) < 4.78 is 23.5. The van der Waals surface area contributed by atoms with Gasteiger partial charge in [-0.25, -0.2) is 4.39 Å². The summed E-state index contributed by atoms with van der Waals surface area (Å²) in [5.41, 5.74) is 5.78. The lowest BCUT2D eigenvalue weighted by atomic mass is 10.1. The molecule has 9 nitrogen and oxygen atoms in total. The van der Waals surface area contributed by atoms with Gasteiger partial charge in [-0.1, -0.05) is 12.8 Å². The lowest BCUT2D eigenvalue weighted by Gasteiger charge is -2.32. The topological polar surface area (TPSA) is 131 Å². The molecule has 4 N–H and O–H groups in total. The number of rotatable bonds is 7. The van der Waals surface area contributed by atoms with E-state index in [1.807, 2.05) is 20.8 Å². The number of anilines is 2. The van der Waals surface area contributed by atoms with Crippen molar-refractivity contribution in [3.05, 3.63) is 64.8 Å². The fourth-order valence-corrected chi connectivity index (χ4v) is 5.03. The fourth-order valence-electron chi connectivity index (χ4n) is 4.29. The zero-order valence-corrected chi connectivity index (χ0v) is 21.7. The summed E-state index contributed by atoms with van der Waals surface area (Å²) in [5, 5.41) is 5.80. The highest BCUT2D eigenvalue weighted by Gasteiger charge is 2.39. The molecule has 0 bridgehead atoms. The lowest BCUT2D eigenvalue weighted by Crippen LogP contribution is -2.49. The summed E-state index contributed by atoms with van der Waals surface area (Å²) >= 11 is 0.773. The minimum absolute atomic E-state index is 0.0130. The zero-order valence-electron chi connectivity index (χ0n) is 20.9. The molecule has 3 amide bonds. The van der Waals surface area contributed by atoms with Crippen molar-refractivity contribution in [3.63, 3.8) is 0 Å². The van der Waals surface area contributed by atoms with E-state index in [9.17, 15) is 18.8 Å². The molecule has 0 saturated heterocycles. The Balaban J connectivity index is 1.75. The van der Waals surface area contributed by atoms with Crippen LogP contribution in [0.5, 0.6) is 0 Å². The number of nitrogens with two attached hydrogens (primary N) is 1. The molecular weight excluding hydrogens is 497 g/mol. The summed E-state index contributed by atoms with van der Waals surface area (Å²) in [5.74, 6) is -1.94. The fraction of sp³-hybridized carbons (Fsp3) is 0.385. The van der Waals surface area contributed by atoms with Crippen LogP contribution in [-0.4, -0.2) is 33.7 Å². The Morgan fingerprint density at radius 3 is 2.43 bits per heavy atom. The Morgan fingerprint density at radius 2 is 1.84 bits per heavy atom. The van der Waals surface area contributed by atoms with Crippen LogP contribution in [0.4, 0.5) is 15.8 Å². The molecule has 11 heteroatoms. The normalized spacial score (nSPS) is 14.8. The largest absolute Gasteiger partial charge is 0.467 e. The minimum atomic E-state index is -1.25. The van der Waals surface area contributed by atoms with Gasteiger partial charge in [-0.05, 0) is 81.5 Å². The van der Waals surface area contributed by atoms with E-state index in [0.29, 0.717) is 0 Å². The number of furan rings is 1. The standard InChI is InChI=1S/C26H30FN5O4S/c1-26(2,3)30-24(34)21(18-9-6-14-36-18)32(17-12-10-15(27)11-13-17)25(35)22-19(28)20(31-37-22)23(33)29-16-7-4-5-8-16/h6,9-14,16,21H,4-5,7-8,28H2,1-3H3,(H,29,33)(H,30,34)/t21-/m1/s1. The molecular formula is C26H30FN5O4S. The van der Waals surface area contributed by atoms with Crippen molar-refractivity contribution in [3.8, 4) is 0 Å². The third-order valence-corrected chi connectivity index (χ3v) is 6.82. The van der Waals surface area contributed by atoms with Crippen LogP contribution in [0.3, 0.4) is 0 Å². The van der Waals surface area contributed by atoms with Gasteiger partial charge in [0, 0.05) is 17.3 Å². The maximum absolute atomic E-state index is 14.0. The van der Waals surface area contributed by atoms with Crippen molar-refractivity contribution in [1.29, 1.82) is 0 Å². The van der Waals surface area contributed by atoms with Gasteiger partial charge in [0.15, 0.2) is 11.7 Å². The molecule has 1 atom stereocenters. The molecule has 2 aromatic heterocycles. The van der Waals surface area contributed by atoms with Gasteiger partial charge < -0.3 is 20.8 Å². The van der Waals surface area contributed by atoms with Crippen molar-refractivity contribution in [2.24, 2.45) is 0 Å². The highest BCUT2D eigenvalue weighted by atomic mass is 32.1. The van der Waals surface area contributed by atoms with Gasteiger partial charge in [-0.15, -0.1) is 0 Å². The van der Waals surface area contributed by atoms with Crippen molar-refractivity contribution < 1.29 is 23.2 Å². The first kappa shape index (κ1) is 26.3. The van der Waals surface area contributed by atoms with Crippen molar-refractivity contribution in [1.82, 2.24) is 15.0 Å². The van der Waals surface area contributed by atoms with Gasteiger partial charge in [0.1, 0.15) is 16.5 Å². The molecule has 0 radical (unpaired) electrons. The van der Waals surface area contributed by atoms with E-state index in [1.54, 1.807) is 12.1 Å². The molecule has 37 heavy (non-hydrogen) atoms. The molecule has 0 spiro atoms. The zero-order chi connectivity index (χ0) is 26.7. The molecule has 1 aromatic carbocycles. The van der Waals surface area contributed by atoms with Crippen molar-refractivity contribution in [2.75, 3.05) is 10.6 Å². The number of nitrogen functional groups attached to an aromatic ring is 1. The molecule has 1 fully saturated rings. The number of nitrogens with one attached hydrogen (secondary N) is 2. The molecule has 0 aliphatic heterocycles. The van der Waals surface area contributed by atoms with E-state index >= 15 is 0 Å². The predicted octanol–water partition coefficient (Wildman–Crippen LogP) is 4.43. The molecule has 1 aliphatic rings. The first-order valence-electron chi connectivity index (χ1n) is 12.1. The lowest BCUT2D eigenvalue weighted by molar-refractivity contribution is -0.124. The van der Waals surface area contributed by atoms with Crippen LogP contribution in [0, 0.1) is 5.82 Å². The number of halogens is 1. The van der Waals surface area contributed by atoms with Gasteiger partial charge >= 0.3 is 0 Å². The average molecular weight is 528 g/mol. The number of nitrogens with zero attached hydrogens (tertiary/aromatic N) is 2. The summed E-state index contributed by atoms with van der Waals surface area (Å²) in [6.07, 6.45) is 5.24. The Morgan fingerprint density at radius 1 is 1.16 bits per heavy atom. The second kappa shape index (κ2) is 10.7. The number of aromatic nitrogens is 1. The number of hydrogen-bond donors (Lipinski definition) is 3. The highest BCUT2D eigenvalue weighted by molar-refractivity contribution is 7.09. The van der Waals surface area contributed by atoms with Gasteiger partial charge in [0.25, 0.3) is 17.7 Å². The molecule has 3 aromatic rings. The maximum atomic E-state index is 14.0. The quantitative estimate of drug-likeness (QED) is 0.417. The molecule has 2 heterocycles. The second-order valence-corrected chi connectivity index (χ2v) is 10.8. The molecule has 196 valence electrons. The van der Waals surface area contributed by atoms with Gasteiger partial charge in [0.05, 0.1) is 12.0 Å². The molecule has 4 rings (SSSR count). The van der Waals surface area contributed by atoms with Crippen molar-refractivity contribution >= 4 is 40.6 Å². The summed E-state index contributed by atoms with van der Waals surface area (Å²) in [6, 6.07) is 7.13. The summed E-state index contributed by atoms with van der Waals surface area (Å²) in [7, 11) is 0. The van der Waals surface area contributed by atoms with Crippen LogP contribution in [-0.2, 0) is 4.79 Å². The monoisotopic (exact) mass is 527 g/mol. The van der Waals surface area contributed by atoms with Gasteiger partial charge in [-0.3, -0.25) is 19.3 Å². The van der Waals surface area contributed by atoms with Crippen LogP contribution >= 0.6 is 11.5 Å². The third kappa shape index (κ3) is 5.99. The van der Waals surface area contributed by atoms with E-state index in [0.717, 1.165) is 37.2 Å². The maximum Gasteiger partial charge on any atom is 0.273 e. The SMILES string of the molecule is CC(C)(C)NC(=O)[C@@H](c1ccco1)N(C(=O)c1snc(C(=O)NC2CCCC2)c1N)c1ccc(F)cc1. The van der Waals surface area contributed by atoms with E-state index in [4.69, 9.17) is 10.2 Å². The van der Waals surface area contributed by atoms with Crippen LogP contribution in [0.1, 0.15) is 78.4 Å². The van der Waals surface area contributed by atoms with Crippen LogP contribution < -0.4 is 21.3 Å². The number of amides is 3. The number of carbonyl (C=O) groups excluding carboxylic acids is 3. The molecule has 0 unspecified atom stereocenters. The number of hydrogen-bond acceptors (Lipinski definition) is 7. The Labute approximate surface area is 218 Å². The van der Waals surface area contributed by atoms with Crippen LogP contribution in [0.25, 0.3) is 0 Å². The molecule has 1 aliphatic carbocycles. The first-order chi connectivity index (χ1) is 17.5. The minimum Gasteiger partial charge on any atom is -0.467 e. The smallest absolute Gasteiger partial charge is 0.273 e. The van der Waals surface area contributed by atoms with Crippen molar-refractivity contribution in [2.45, 2.75) is 64.1 Å². The van der Waals surface area contributed by atoms with Crippen LogP contribution in [0.2, 0.25) is 0 Å². The predicted molar refractivity (Wildman–Crippen MR) is 139 cm³/mol. The third-order valence-electron chi connectivity index (χ3n) is 5.97. The van der Waals surface area contributed by atoms with Gasteiger partial charge in [-0.2, -0.15) is 4.37 Å². The van der Waals surface area contributed by atoms with Gasteiger partial charge in [0.2, 0.25) is 0 Å². The average Bonchev–Trinajstić information content (AvgIpc) is 3.59. The second-order valence-electron chi connectivity index (χ2n) is 10.0. The van der Waals surface area contributed by atoms with E-state index in [-0.39, 0.29) is 33.7 Å². The van der Waals surface area contributed by atoms with E-state index in [2.05, 4.69) is 15.0 Å². The summed E-state index contributed by atoms with van der Waals surface area (Å²) in [4.78, 5) is 41.5. The Bertz CT molecular complexity index is 1260. The van der Waals surface area contributed by atoms with Crippen LogP contribution in [0.15, 0.2) is 47.1 Å². The Kier molecular flexibility index (Phi) is 7.63. The van der Waals surface area contributed by atoms with E-state index in [1.165, 1.54) is 35.4 Å². The molecule has 1 saturated carbocycles.